The number of fused-ring (bicyclic) bond motifs is 1. The van der Waals surface area contributed by atoms with E-state index in [0.717, 1.165) is 49.2 Å². The Labute approximate surface area is 195 Å². The zero-order valence-electron chi connectivity index (χ0n) is 19.1. The molecule has 0 radical (unpaired) electrons. The van der Waals surface area contributed by atoms with E-state index in [1.165, 1.54) is 29.5 Å². The molecular weight excluding hydrogens is 406 g/mol. The van der Waals surface area contributed by atoms with Crippen molar-refractivity contribution in [1.82, 2.24) is 14.5 Å². The summed E-state index contributed by atoms with van der Waals surface area (Å²) in [6, 6.07) is 27.4. The summed E-state index contributed by atoms with van der Waals surface area (Å²) in [5.74, 6) is 1.29. The topological polar surface area (TPSA) is 38.1 Å². The van der Waals surface area contributed by atoms with Crippen LogP contribution in [0.2, 0.25) is 0 Å². The molecule has 4 heteroatoms. The van der Waals surface area contributed by atoms with Gasteiger partial charge < -0.3 is 9.47 Å². The van der Waals surface area contributed by atoms with Crippen LogP contribution in [0.5, 0.6) is 0 Å². The summed E-state index contributed by atoms with van der Waals surface area (Å²) >= 11 is 0. The molecule has 168 valence electrons. The molecule has 1 aliphatic rings. The number of aromatic nitrogens is 2. The highest BCUT2D eigenvalue weighted by Crippen LogP contribution is 2.23. The minimum absolute atomic E-state index is 0.271. The number of hydrogen-bond acceptors (Lipinski definition) is 2. The molecule has 4 aromatic rings. The van der Waals surface area contributed by atoms with Crippen molar-refractivity contribution in [3.05, 3.63) is 90.3 Å². The van der Waals surface area contributed by atoms with Crippen LogP contribution in [0.15, 0.2) is 78.9 Å². The largest absolute Gasteiger partial charge is 0.343 e. The number of nitrogens with zero attached hydrogens (tertiary/aromatic N) is 3. The number of likely N-dealkylation sites (tertiary alicyclic amines) is 1. The van der Waals surface area contributed by atoms with Crippen molar-refractivity contribution in [3.63, 3.8) is 0 Å². The third-order valence-electron chi connectivity index (χ3n) is 6.66. The van der Waals surface area contributed by atoms with E-state index in [-0.39, 0.29) is 5.91 Å². The second kappa shape index (κ2) is 10.0. The van der Waals surface area contributed by atoms with Crippen LogP contribution in [0, 0.1) is 0 Å². The van der Waals surface area contributed by atoms with Gasteiger partial charge in [0.1, 0.15) is 5.82 Å². The van der Waals surface area contributed by atoms with E-state index in [9.17, 15) is 4.79 Å². The molecule has 5 rings (SSSR count). The predicted octanol–water partition coefficient (Wildman–Crippen LogP) is 6.09. The van der Waals surface area contributed by atoms with Gasteiger partial charge in [-0.1, -0.05) is 79.6 Å². The summed E-state index contributed by atoms with van der Waals surface area (Å²) < 4.78 is 2.25. The van der Waals surface area contributed by atoms with E-state index in [1.807, 2.05) is 12.1 Å². The number of benzene rings is 3. The number of carbonyl (C=O) groups is 1. The normalized spacial score (nSPS) is 14.4. The number of rotatable bonds is 6. The third-order valence-corrected chi connectivity index (χ3v) is 6.66. The first-order valence-corrected chi connectivity index (χ1v) is 12.1. The first-order valence-electron chi connectivity index (χ1n) is 12.1. The molecule has 2 heterocycles. The Kier molecular flexibility index (Phi) is 6.52. The Hall–Kier alpha value is -3.40. The second-order valence-corrected chi connectivity index (χ2v) is 8.95. The molecule has 0 bridgehead atoms. The number of para-hydroxylation sites is 2. The van der Waals surface area contributed by atoms with Gasteiger partial charge in [-0.25, -0.2) is 4.98 Å². The van der Waals surface area contributed by atoms with Gasteiger partial charge in [0.2, 0.25) is 5.91 Å². The molecule has 1 aliphatic heterocycles. The highest BCUT2D eigenvalue weighted by Gasteiger charge is 2.17. The van der Waals surface area contributed by atoms with Crippen molar-refractivity contribution in [2.75, 3.05) is 13.1 Å². The maximum atomic E-state index is 12.9. The van der Waals surface area contributed by atoms with Crippen LogP contribution in [0.25, 0.3) is 22.2 Å². The van der Waals surface area contributed by atoms with E-state index in [2.05, 4.69) is 76.2 Å². The molecule has 3 aromatic carbocycles. The van der Waals surface area contributed by atoms with Crippen LogP contribution in [0.3, 0.4) is 0 Å². The van der Waals surface area contributed by atoms with Crippen LogP contribution in [-0.2, 0) is 17.8 Å². The van der Waals surface area contributed by atoms with Gasteiger partial charge in [-0.3, -0.25) is 4.79 Å². The van der Waals surface area contributed by atoms with Crippen molar-refractivity contribution < 1.29 is 4.79 Å². The molecule has 1 fully saturated rings. The zero-order chi connectivity index (χ0) is 22.5. The lowest BCUT2D eigenvalue weighted by atomic mass is 10.0. The molecule has 0 atom stereocenters. The van der Waals surface area contributed by atoms with Gasteiger partial charge in [-0.2, -0.15) is 0 Å². The number of hydrogen-bond donors (Lipinski definition) is 0. The molecule has 4 nitrogen and oxygen atoms in total. The maximum absolute atomic E-state index is 12.9. The fourth-order valence-corrected chi connectivity index (χ4v) is 4.82. The first-order chi connectivity index (χ1) is 16.3. The Morgan fingerprint density at radius 3 is 2.18 bits per heavy atom. The van der Waals surface area contributed by atoms with Crippen LogP contribution < -0.4 is 0 Å². The van der Waals surface area contributed by atoms with Crippen LogP contribution in [0.1, 0.15) is 43.5 Å². The van der Waals surface area contributed by atoms with Crippen LogP contribution >= 0.6 is 0 Å². The van der Waals surface area contributed by atoms with E-state index in [0.29, 0.717) is 13.0 Å². The van der Waals surface area contributed by atoms with Crippen LogP contribution in [-0.4, -0.2) is 33.4 Å². The molecule has 0 saturated carbocycles. The van der Waals surface area contributed by atoms with Crippen LogP contribution in [0.4, 0.5) is 0 Å². The third kappa shape index (κ3) is 5.00. The number of imidazole rings is 1. The zero-order valence-corrected chi connectivity index (χ0v) is 19.1. The van der Waals surface area contributed by atoms with E-state index in [1.54, 1.807) is 0 Å². The lowest BCUT2D eigenvalue weighted by Crippen LogP contribution is -2.32. The fraction of sp³-hybridized carbons (Fsp3) is 0.310. The number of aryl methyl sites for hydroxylation is 1. The van der Waals surface area contributed by atoms with Crippen molar-refractivity contribution in [1.29, 1.82) is 0 Å². The smallest absolute Gasteiger partial charge is 0.224 e. The van der Waals surface area contributed by atoms with E-state index >= 15 is 0 Å². The standard InChI is InChI=1S/C29H31N3O/c33-29(31-19-8-1-2-9-20-31)18-21-32-27-13-7-6-12-26(27)30-28(32)22-23-14-16-25(17-15-23)24-10-4-3-5-11-24/h3-7,10-17H,1-2,8-9,18-22H2. The molecule has 0 aliphatic carbocycles. The van der Waals surface area contributed by atoms with Gasteiger partial charge in [0.25, 0.3) is 0 Å². The molecular formula is C29H31N3O. The van der Waals surface area contributed by atoms with E-state index < -0.39 is 0 Å². The lowest BCUT2D eigenvalue weighted by Gasteiger charge is -2.20. The minimum atomic E-state index is 0.271. The lowest BCUT2D eigenvalue weighted by molar-refractivity contribution is -0.131. The van der Waals surface area contributed by atoms with Crippen molar-refractivity contribution in [2.45, 2.75) is 45.1 Å². The molecule has 0 unspecified atom stereocenters. The molecule has 1 amide bonds. The van der Waals surface area contributed by atoms with Gasteiger partial charge in [0.05, 0.1) is 11.0 Å². The molecule has 1 saturated heterocycles. The van der Waals surface area contributed by atoms with Crippen molar-refractivity contribution in [3.8, 4) is 11.1 Å². The summed E-state index contributed by atoms with van der Waals surface area (Å²) in [6.45, 7) is 2.49. The molecule has 0 spiro atoms. The number of carbonyl (C=O) groups excluding carboxylic acids is 1. The first kappa shape index (κ1) is 21.4. The molecule has 33 heavy (non-hydrogen) atoms. The average molecular weight is 438 g/mol. The van der Waals surface area contributed by atoms with Gasteiger partial charge in [0, 0.05) is 32.5 Å². The Balaban J connectivity index is 1.35. The quantitative estimate of drug-likeness (QED) is 0.366. The highest BCUT2D eigenvalue weighted by atomic mass is 16.2. The van der Waals surface area contributed by atoms with Gasteiger partial charge >= 0.3 is 0 Å². The van der Waals surface area contributed by atoms with Gasteiger partial charge in [0.15, 0.2) is 0 Å². The summed E-state index contributed by atoms with van der Waals surface area (Å²) in [6.07, 6.45) is 6.02. The summed E-state index contributed by atoms with van der Waals surface area (Å²) in [4.78, 5) is 19.9. The summed E-state index contributed by atoms with van der Waals surface area (Å²) in [5, 5.41) is 0. The van der Waals surface area contributed by atoms with Gasteiger partial charge in [-0.05, 0) is 41.7 Å². The van der Waals surface area contributed by atoms with E-state index in [4.69, 9.17) is 4.98 Å². The summed E-state index contributed by atoms with van der Waals surface area (Å²) in [5.41, 5.74) is 5.77. The maximum Gasteiger partial charge on any atom is 0.224 e. The summed E-state index contributed by atoms with van der Waals surface area (Å²) in [7, 11) is 0. The molecule has 1 aromatic heterocycles. The Morgan fingerprint density at radius 1 is 0.758 bits per heavy atom. The highest BCUT2D eigenvalue weighted by molar-refractivity contribution is 5.78. The minimum Gasteiger partial charge on any atom is -0.343 e. The van der Waals surface area contributed by atoms with Crippen molar-refractivity contribution in [2.24, 2.45) is 0 Å². The Bertz CT molecular complexity index is 1200. The monoisotopic (exact) mass is 437 g/mol. The number of amides is 1. The SMILES string of the molecule is O=C(CCn1c(Cc2ccc(-c3ccccc3)cc2)nc2ccccc21)N1CCCCCC1. The fourth-order valence-electron chi connectivity index (χ4n) is 4.82. The average Bonchev–Trinajstić information content (AvgIpc) is 3.01. The van der Waals surface area contributed by atoms with Gasteiger partial charge in [-0.15, -0.1) is 0 Å². The van der Waals surface area contributed by atoms with Crippen molar-refractivity contribution >= 4 is 16.9 Å². The second-order valence-electron chi connectivity index (χ2n) is 8.95. The predicted molar refractivity (Wildman–Crippen MR) is 134 cm³/mol. The molecule has 0 N–H and O–H groups in total. The Morgan fingerprint density at radius 2 is 1.42 bits per heavy atom.